The summed E-state index contributed by atoms with van der Waals surface area (Å²) in [5.74, 6) is 0.388. The predicted molar refractivity (Wildman–Crippen MR) is 117 cm³/mol. The summed E-state index contributed by atoms with van der Waals surface area (Å²) < 4.78 is 31.4. The molecule has 0 unspecified atom stereocenters. The van der Waals surface area contributed by atoms with Crippen molar-refractivity contribution in [3.8, 4) is 5.75 Å². The fraction of sp³-hybridized carbons (Fsp3) is 0.409. The minimum atomic E-state index is -3.66. The van der Waals surface area contributed by atoms with Gasteiger partial charge in [0.2, 0.25) is 15.9 Å². The van der Waals surface area contributed by atoms with Gasteiger partial charge in [-0.3, -0.25) is 9.10 Å². The van der Waals surface area contributed by atoms with Crippen molar-refractivity contribution in [2.45, 2.75) is 46.2 Å². The number of benzene rings is 2. The van der Waals surface area contributed by atoms with Crippen LogP contribution in [0.1, 0.15) is 43.0 Å². The minimum Gasteiger partial charge on any atom is -0.497 e. The number of amides is 1. The zero-order valence-corrected chi connectivity index (χ0v) is 18.7. The first-order chi connectivity index (χ1) is 13.6. The summed E-state index contributed by atoms with van der Waals surface area (Å²) in [6, 6.07) is 11.9. The van der Waals surface area contributed by atoms with Crippen LogP contribution in [0.4, 0.5) is 5.69 Å². The Balaban J connectivity index is 2.30. The molecule has 0 saturated carbocycles. The minimum absolute atomic E-state index is 0.225. The smallest absolute Gasteiger partial charge is 0.244 e. The normalized spacial score (nSPS) is 13.4. The number of nitrogens with one attached hydrogen (secondary N) is 1. The molecule has 2 aromatic rings. The van der Waals surface area contributed by atoms with Crippen molar-refractivity contribution in [3.05, 3.63) is 59.2 Å². The maximum atomic E-state index is 13.0. The van der Waals surface area contributed by atoms with Gasteiger partial charge in [-0.1, -0.05) is 25.1 Å². The molecule has 6 nitrogen and oxygen atoms in total. The predicted octanol–water partition coefficient (Wildman–Crippen LogP) is 3.73. The first kappa shape index (κ1) is 22.7. The van der Waals surface area contributed by atoms with Gasteiger partial charge in [-0.15, -0.1) is 0 Å². The zero-order chi connectivity index (χ0) is 21.8. The van der Waals surface area contributed by atoms with Crippen LogP contribution in [0.5, 0.6) is 5.75 Å². The maximum Gasteiger partial charge on any atom is 0.244 e. The van der Waals surface area contributed by atoms with Crippen LogP contribution in [-0.2, 0) is 14.8 Å². The van der Waals surface area contributed by atoms with E-state index in [4.69, 9.17) is 4.74 Å². The average molecular weight is 419 g/mol. The lowest BCUT2D eigenvalue weighted by Gasteiger charge is -2.30. The van der Waals surface area contributed by atoms with E-state index in [1.54, 1.807) is 26.2 Å². The van der Waals surface area contributed by atoms with Crippen molar-refractivity contribution in [3.63, 3.8) is 0 Å². The van der Waals surface area contributed by atoms with Crippen LogP contribution in [0, 0.1) is 13.8 Å². The molecular weight excluding hydrogens is 388 g/mol. The van der Waals surface area contributed by atoms with Gasteiger partial charge in [0.15, 0.2) is 0 Å². The van der Waals surface area contributed by atoms with Gasteiger partial charge in [0, 0.05) is 0 Å². The second kappa shape index (κ2) is 9.31. The largest absolute Gasteiger partial charge is 0.497 e. The number of nitrogens with zero attached hydrogens (tertiary/aromatic N) is 1. The molecule has 0 bridgehead atoms. The summed E-state index contributed by atoms with van der Waals surface area (Å²) in [6.45, 7) is 7.38. The van der Waals surface area contributed by atoms with Gasteiger partial charge in [-0.05, 0) is 68.1 Å². The molecule has 0 aromatic heterocycles. The lowest BCUT2D eigenvalue weighted by Crippen LogP contribution is -2.48. The fourth-order valence-electron chi connectivity index (χ4n) is 3.44. The Morgan fingerprint density at radius 2 is 1.66 bits per heavy atom. The fourth-order valence-corrected chi connectivity index (χ4v) is 4.59. The average Bonchev–Trinajstić information content (AvgIpc) is 2.64. The molecular formula is C22H30N2O4S. The first-order valence-electron chi connectivity index (χ1n) is 9.58. The molecule has 2 aromatic carbocycles. The van der Waals surface area contributed by atoms with Gasteiger partial charge in [0.05, 0.1) is 25.1 Å². The number of anilines is 1. The van der Waals surface area contributed by atoms with Crippen molar-refractivity contribution in [2.24, 2.45) is 0 Å². The molecule has 0 aliphatic heterocycles. The van der Waals surface area contributed by atoms with Crippen molar-refractivity contribution in [1.29, 1.82) is 0 Å². The van der Waals surface area contributed by atoms with Gasteiger partial charge in [0.1, 0.15) is 11.8 Å². The molecule has 7 heteroatoms. The molecule has 0 saturated heterocycles. The molecule has 29 heavy (non-hydrogen) atoms. The third-order valence-corrected chi connectivity index (χ3v) is 6.03. The SMILES string of the molecule is CC[C@@H](NC(=O)[C@H](C)N(c1cc(C)cc(C)c1)S(C)(=O)=O)c1ccc(OC)cc1. The number of methoxy groups -OCH3 is 1. The summed E-state index contributed by atoms with van der Waals surface area (Å²) in [6.07, 6.45) is 1.79. The van der Waals surface area contributed by atoms with Crippen LogP contribution in [0.3, 0.4) is 0 Å². The molecule has 2 atom stereocenters. The van der Waals surface area contributed by atoms with Crippen LogP contribution in [0.25, 0.3) is 0 Å². The van der Waals surface area contributed by atoms with Gasteiger partial charge in [0.25, 0.3) is 0 Å². The monoisotopic (exact) mass is 418 g/mol. The highest BCUT2D eigenvalue weighted by atomic mass is 32.2. The van der Waals surface area contributed by atoms with Crippen LogP contribution in [0.15, 0.2) is 42.5 Å². The molecule has 0 radical (unpaired) electrons. The molecule has 0 fully saturated rings. The maximum absolute atomic E-state index is 13.0. The quantitative estimate of drug-likeness (QED) is 0.709. The van der Waals surface area contributed by atoms with Crippen molar-refractivity contribution >= 4 is 21.6 Å². The summed E-state index contributed by atoms with van der Waals surface area (Å²) in [7, 11) is -2.06. The number of ether oxygens (including phenoxy) is 1. The van der Waals surface area contributed by atoms with Crippen LogP contribution in [-0.4, -0.2) is 33.7 Å². The van der Waals surface area contributed by atoms with E-state index in [1.165, 1.54) is 4.31 Å². The third kappa shape index (κ3) is 5.73. The lowest BCUT2D eigenvalue weighted by molar-refractivity contribution is -0.122. The Morgan fingerprint density at radius 3 is 2.10 bits per heavy atom. The summed E-state index contributed by atoms with van der Waals surface area (Å²) >= 11 is 0. The van der Waals surface area contributed by atoms with Crippen LogP contribution in [0.2, 0.25) is 0 Å². The van der Waals surface area contributed by atoms with E-state index in [0.29, 0.717) is 12.1 Å². The van der Waals surface area contributed by atoms with E-state index in [-0.39, 0.29) is 11.9 Å². The Bertz CT molecular complexity index is 935. The van der Waals surface area contributed by atoms with Gasteiger partial charge >= 0.3 is 0 Å². The molecule has 0 spiro atoms. The molecule has 2 rings (SSSR count). The highest BCUT2D eigenvalue weighted by Gasteiger charge is 2.30. The molecule has 158 valence electrons. The molecule has 0 heterocycles. The summed E-state index contributed by atoms with van der Waals surface area (Å²) in [4.78, 5) is 13.0. The van der Waals surface area contributed by atoms with E-state index in [1.807, 2.05) is 51.1 Å². The van der Waals surface area contributed by atoms with Crippen molar-refractivity contribution in [2.75, 3.05) is 17.7 Å². The lowest BCUT2D eigenvalue weighted by atomic mass is 10.0. The van der Waals surface area contributed by atoms with Gasteiger partial charge in [-0.25, -0.2) is 8.42 Å². The Kier molecular flexibility index (Phi) is 7.30. The molecule has 0 aliphatic carbocycles. The van der Waals surface area contributed by atoms with E-state index in [0.717, 1.165) is 28.7 Å². The van der Waals surface area contributed by atoms with Crippen molar-refractivity contribution in [1.82, 2.24) is 5.32 Å². The highest BCUT2D eigenvalue weighted by molar-refractivity contribution is 7.92. The number of sulfonamides is 1. The Labute approximate surface area is 173 Å². The van der Waals surface area contributed by atoms with Gasteiger partial charge in [-0.2, -0.15) is 0 Å². The molecule has 0 aliphatic rings. The van der Waals surface area contributed by atoms with Crippen LogP contribution >= 0.6 is 0 Å². The van der Waals surface area contributed by atoms with Gasteiger partial charge < -0.3 is 10.1 Å². The summed E-state index contributed by atoms with van der Waals surface area (Å²) in [5.41, 5.74) is 3.30. The number of hydrogen-bond acceptors (Lipinski definition) is 4. The van der Waals surface area contributed by atoms with E-state index < -0.39 is 16.1 Å². The second-order valence-corrected chi connectivity index (χ2v) is 9.18. The first-order valence-corrected chi connectivity index (χ1v) is 11.4. The number of hydrogen-bond donors (Lipinski definition) is 1. The zero-order valence-electron chi connectivity index (χ0n) is 17.9. The number of rotatable bonds is 8. The number of aryl methyl sites for hydroxylation is 2. The Morgan fingerprint density at radius 1 is 1.10 bits per heavy atom. The Hall–Kier alpha value is -2.54. The standard InChI is InChI=1S/C22H30N2O4S/c1-7-21(18-8-10-20(28-5)11-9-18)23-22(25)17(4)24(29(6,26)27)19-13-15(2)12-16(3)14-19/h8-14,17,21H,7H2,1-6H3,(H,23,25)/t17-,21+/m0/s1. The third-order valence-electron chi connectivity index (χ3n) is 4.79. The van der Waals surface area contributed by atoms with Crippen LogP contribution < -0.4 is 14.4 Å². The second-order valence-electron chi connectivity index (χ2n) is 7.32. The number of carbonyl (C=O) groups is 1. The van der Waals surface area contributed by atoms with E-state index in [2.05, 4.69) is 5.32 Å². The topological polar surface area (TPSA) is 75.7 Å². The number of carbonyl (C=O) groups excluding carboxylic acids is 1. The summed E-state index contributed by atoms with van der Waals surface area (Å²) in [5, 5.41) is 2.99. The molecule has 1 N–H and O–H groups in total. The van der Waals surface area contributed by atoms with Crippen molar-refractivity contribution < 1.29 is 17.9 Å². The highest BCUT2D eigenvalue weighted by Crippen LogP contribution is 2.25. The molecule has 1 amide bonds. The van der Waals surface area contributed by atoms with E-state index in [9.17, 15) is 13.2 Å². The van der Waals surface area contributed by atoms with E-state index >= 15 is 0 Å².